The average Bonchev–Trinajstić information content (AvgIpc) is 2.67. The quantitative estimate of drug-likeness (QED) is 0.829. The third-order valence-corrected chi connectivity index (χ3v) is 5.15. The summed E-state index contributed by atoms with van der Waals surface area (Å²) >= 11 is 3.42. The molecule has 3 rings (SSSR count). The number of hydrogen-bond donors (Lipinski definition) is 1. The molecule has 1 aromatic carbocycles. The highest BCUT2D eigenvalue weighted by molar-refractivity contribution is 9.10. The molecule has 1 aliphatic heterocycles. The number of nitrogens with zero attached hydrogens (tertiary/aromatic N) is 3. The number of rotatable bonds is 5. The Kier molecular flexibility index (Phi) is 5.86. The van der Waals surface area contributed by atoms with Crippen molar-refractivity contribution in [3.05, 3.63) is 46.8 Å². The van der Waals surface area contributed by atoms with E-state index in [0.717, 1.165) is 36.2 Å². The first-order valence-electron chi connectivity index (χ1n) is 8.30. The predicted molar refractivity (Wildman–Crippen MR) is 100.0 cm³/mol. The minimum absolute atomic E-state index is 0.0814. The lowest BCUT2D eigenvalue weighted by Gasteiger charge is -2.32. The molecular formula is C18H21BrN4O2. The number of amides is 1. The van der Waals surface area contributed by atoms with Crippen LogP contribution in [0.4, 0.5) is 5.82 Å². The van der Waals surface area contributed by atoms with E-state index in [1.54, 1.807) is 31.8 Å². The van der Waals surface area contributed by atoms with E-state index in [1.807, 2.05) is 12.1 Å². The molecule has 0 aliphatic carbocycles. The Bertz CT molecular complexity index is 718. The van der Waals surface area contributed by atoms with Gasteiger partial charge in [0.1, 0.15) is 11.6 Å². The van der Waals surface area contributed by atoms with Gasteiger partial charge in [0.15, 0.2) is 0 Å². The summed E-state index contributed by atoms with van der Waals surface area (Å²) in [5.74, 6) is 1.99. The normalized spacial score (nSPS) is 15.0. The standard InChI is InChI=1S/C18H21BrN4O2/c1-25-14-2-3-16(19)15(10-14)18(24)22-11-13-4-8-23(9-5-13)17-12-20-6-7-21-17/h2-3,6-7,10,12-13H,4-5,8-9,11H2,1H3,(H,22,24). The molecule has 1 N–H and O–H groups in total. The fraction of sp³-hybridized carbons (Fsp3) is 0.389. The van der Waals surface area contributed by atoms with Gasteiger partial charge in [-0.25, -0.2) is 4.98 Å². The van der Waals surface area contributed by atoms with Gasteiger partial charge in [-0.15, -0.1) is 0 Å². The smallest absolute Gasteiger partial charge is 0.252 e. The maximum atomic E-state index is 12.4. The van der Waals surface area contributed by atoms with Crippen LogP contribution in [0, 0.1) is 5.92 Å². The molecule has 1 aliphatic rings. The summed E-state index contributed by atoms with van der Waals surface area (Å²) < 4.78 is 5.96. The summed E-state index contributed by atoms with van der Waals surface area (Å²) in [6, 6.07) is 5.40. The predicted octanol–water partition coefficient (Wildman–Crippen LogP) is 2.89. The van der Waals surface area contributed by atoms with E-state index in [1.165, 1.54) is 0 Å². The van der Waals surface area contributed by atoms with Gasteiger partial charge in [0.25, 0.3) is 5.91 Å². The molecule has 132 valence electrons. The number of carbonyl (C=O) groups is 1. The molecule has 1 fully saturated rings. The lowest BCUT2D eigenvalue weighted by molar-refractivity contribution is 0.0943. The minimum atomic E-state index is -0.0814. The second kappa shape index (κ2) is 8.29. The number of hydrogen-bond acceptors (Lipinski definition) is 5. The van der Waals surface area contributed by atoms with Gasteiger partial charge < -0.3 is 15.0 Å². The number of carbonyl (C=O) groups excluding carboxylic acids is 1. The van der Waals surface area contributed by atoms with Crippen molar-refractivity contribution in [1.82, 2.24) is 15.3 Å². The van der Waals surface area contributed by atoms with Crippen LogP contribution < -0.4 is 15.0 Å². The van der Waals surface area contributed by atoms with E-state index >= 15 is 0 Å². The van der Waals surface area contributed by atoms with Gasteiger partial charge in [0.2, 0.25) is 0 Å². The molecule has 0 saturated carbocycles. The average molecular weight is 405 g/mol. The Morgan fingerprint density at radius 1 is 1.36 bits per heavy atom. The van der Waals surface area contributed by atoms with Crippen LogP contribution in [0.15, 0.2) is 41.3 Å². The Balaban J connectivity index is 1.51. The Hall–Kier alpha value is -2.15. The molecule has 0 radical (unpaired) electrons. The third kappa shape index (κ3) is 4.48. The number of benzene rings is 1. The molecule has 7 heteroatoms. The highest BCUT2D eigenvalue weighted by atomic mass is 79.9. The number of halogens is 1. The Morgan fingerprint density at radius 2 is 2.16 bits per heavy atom. The van der Waals surface area contributed by atoms with Crippen LogP contribution in [0.2, 0.25) is 0 Å². The van der Waals surface area contributed by atoms with E-state index in [9.17, 15) is 4.79 Å². The maximum absolute atomic E-state index is 12.4. The first kappa shape index (κ1) is 17.7. The second-order valence-electron chi connectivity index (χ2n) is 6.05. The van der Waals surface area contributed by atoms with Gasteiger partial charge >= 0.3 is 0 Å². The molecule has 6 nitrogen and oxygen atoms in total. The lowest BCUT2D eigenvalue weighted by Crippen LogP contribution is -2.39. The van der Waals surface area contributed by atoms with Crippen molar-refractivity contribution in [3.63, 3.8) is 0 Å². The molecule has 1 amide bonds. The first-order valence-corrected chi connectivity index (χ1v) is 9.09. The van der Waals surface area contributed by atoms with Gasteiger partial charge in [0.05, 0.1) is 18.9 Å². The molecule has 25 heavy (non-hydrogen) atoms. The van der Waals surface area contributed by atoms with Gasteiger partial charge in [-0.3, -0.25) is 9.78 Å². The van der Waals surface area contributed by atoms with Crippen LogP contribution in [0.3, 0.4) is 0 Å². The summed E-state index contributed by atoms with van der Waals surface area (Å²) in [5, 5.41) is 3.04. The highest BCUT2D eigenvalue weighted by Crippen LogP contribution is 2.23. The number of ether oxygens (including phenoxy) is 1. The largest absolute Gasteiger partial charge is 0.497 e. The number of piperidine rings is 1. The van der Waals surface area contributed by atoms with Crippen molar-refractivity contribution >= 4 is 27.7 Å². The van der Waals surface area contributed by atoms with E-state index in [4.69, 9.17) is 4.74 Å². The van der Waals surface area contributed by atoms with Crippen LogP contribution in [0.5, 0.6) is 5.75 Å². The first-order chi connectivity index (χ1) is 12.2. The van der Waals surface area contributed by atoms with Crippen LogP contribution in [-0.2, 0) is 0 Å². The fourth-order valence-electron chi connectivity index (χ4n) is 2.96. The summed E-state index contributed by atoms with van der Waals surface area (Å²) in [7, 11) is 1.59. The van der Waals surface area contributed by atoms with E-state index in [-0.39, 0.29) is 5.91 Å². The Labute approximate surface area is 155 Å². The van der Waals surface area contributed by atoms with Crippen molar-refractivity contribution in [3.8, 4) is 5.75 Å². The molecule has 0 unspecified atom stereocenters. The molecule has 0 spiro atoms. The van der Waals surface area contributed by atoms with Crippen LogP contribution in [0.25, 0.3) is 0 Å². The van der Waals surface area contributed by atoms with E-state index in [2.05, 4.69) is 36.1 Å². The molecule has 1 saturated heterocycles. The molecule has 0 atom stereocenters. The van der Waals surface area contributed by atoms with Gasteiger partial charge in [-0.05, 0) is 52.9 Å². The van der Waals surface area contributed by atoms with Crippen LogP contribution >= 0.6 is 15.9 Å². The zero-order chi connectivity index (χ0) is 17.6. The second-order valence-corrected chi connectivity index (χ2v) is 6.90. The molecule has 2 heterocycles. The van der Waals surface area contributed by atoms with Crippen molar-refractivity contribution in [1.29, 1.82) is 0 Å². The SMILES string of the molecule is COc1ccc(Br)c(C(=O)NCC2CCN(c3cnccn3)CC2)c1. The van der Waals surface area contributed by atoms with Gasteiger partial charge in [-0.2, -0.15) is 0 Å². The summed E-state index contributed by atoms with van der Waals surface area (Å²) in [6.45, 7) is 2.54. The minimum Gasteiger partial charge on any atom is -0.497 e. The van der Waals surface area contributed by atoms with Crippen LogP contribution in [-0.4, -0.2) is 42.6 Å². The van der Waals surface area contributed by atoms with E-state index in [0.29, 0.717) is 23.8 Å². The highest BCUT2D eigenvalue weighted by Gasteiger charge is 2.21. The number of aromatic nitrogens is 2. The number of anilines is 1. The van der Waals surface area contributed by atoms with Crippen LogP contribution in [0.1, 0.15) is 23.2 Å². The topological polar surface area (TPSA) is 67.3 Å². The number of methoxy groups -OCH3 is 1. The van der Waals surface area contributed by atoms with Crippen molar-refractivity contribution < 1.29 is 9.53 Å². The summed E-state index contributed by atoms with van der Waals surface area (Å²) in [4.78, 5) is 23.1. The zero-order valence-electron chi connectivity index (χ0n) is 14.1. The molecule has 0 bridgehead atoms. The third-order valence-electron chi connectivity index (χ3n) is 4.46. The summed E-state index contributed by atoms with van der Waals surface area (Å²) in [5.41, 5.74) is 0.594. The summed E-state index contributed by atoms with van der Waals surface area (Å²) in [6.07, 6.45) is 7.24. The molecule has 1 aromatic heterocycles. The molecular weight excluding hydrogens is 384 g/mol. The van der Waals surface area contributed by atoms with Crippen molar-refractivity contribution in [2.45, 2.75) is 12.8 Å². The van der Waals surface area contributed by atoms with E-state index < -0.39 is 0 Å². The zero-order valence-corrected chi connectivity index (χ0v) is 15.7. The van der Waals surface area contributed by atoms with Crippen molar-refractivity contribution in [2.75, 3.05) is 31.6 Å². The monoisotopic (exact) mass is 404 g/mol. The maximum Gasteiger partial charge on any atom is 0.252 e. The lowest BCUT2D eigenvalue weighted by atomic mass is 9.96. The van der Waals surface area contributed by atoms with Gasteiger partial charge in [0, 0.05) is 36.5 Å². The van der Waals surface area contributed by atoms with Crippen molar-refractivity contribution in [2.24, 2.45) is 5.92 Å². The molecule has 2 aromatic rings. The van der Waals surface area contributed by atoms with Gasteiger partial charge in [-0.1, -0.05) is 0 Å². The fourth-order valence-corrected chi connectivity index (χ4v) is 3.39. The Morgan fingerprint density at radius 3 is 2.84 bits per heavy atom. The number of nitrogens with one attached hydrogen (secondary N) is 1.